The van der Waals surface area contributed by atoms with Crippen LogP contribution in [0.15, 0.2) is 90.3 Å². The van der Waals surface area contributed by atoms with Gasteiger partial charge in [-0.05, 0) is 48.9 Å². The van der Waals surface area contributed by atoms with Crippen LogP contribution in [0.4, 0.5) is 5.69 Å². The second kappa shape index (κ2) is 9.83. The van der Waals surface area contributed by atoms with Crippen LogP contribution in [0, 0.1) is 0 Å². The van der Waals surface area contributed by atoms with Crippen LogP contribution in [0.1, 0.15) is 22.8 Å². The zero-order valence-corrected chi connectivity index (χ0v) is 20.1. The Labute approximate surface area is 207 Å². The van der Waals surface area contributed by atoms with Gasteiger partial charge in [-0.2, -0.15) is 5.10 Å². The SMILES string of the molecule is CC1CSC(N(C(=O)c2cn(Cc3ccccc3)nc2-c2cccnc2)c2ccc(Cl)cc2)=N1. The fraction of sp³-hybridized carbons (Fsp3) is 0.154. The number of aromatic nitrogens is 3. The highest BCUT2D eigenvalue weighted by molar-refractivity contribution is 8.14. The Morgan fingerprint density at radius 2 is 1.91 bits per heavy atom. The van der Waals surface area contributed by atoms with Crippen molar-refractivity contribution < 1.29 is 4.79 Å². The van der Waals surface area contributed by atoms with E-state index in [0.29, 0.717) is 33.7 Å². The number of hydrogen-bond acceptors (Lipinski definition) is 5. The Morgan fingerprint density at radius 3 is 2.59 bits per heavy atom. The number of carbonyl (C=O) groups is 1. The molecule has 0 saturated carbocycles. The second-order valence-corrected chi connectivity index (χ2v) is 9.43. The predicted molar refractivity (Wildman–Crippen MR) is 139 cm³/mol. The number of nitrogens with zero attached hydrogens (tertiary/aromatic N) is 5. The molecule has 0 fully saturated rings. The van der Waals surface area contributed by atoms with E-state index in [1.807, 2.05) is 67.7 Å². The van der Waals surface area contributed by atoms with Crippen molar-refractivity contribution in [1.82, 2.24) is 14.8 Å². The van der Waals surface area contributed by atoms with Crippen molar-refractivity contribution in [3.8, 4) is 11.3 Å². The molecule has 0 saturated heterocycles. The molecule has 0 radical (unpaired) electrons. The zero-order valence-electron chi connectivity index (χ0n) is 18.5. The molecule has 1 amide bonds. The summed E-state index contributed by atoms with van der Waals surface area (Å²) in [6.07, 6.45) is 5.24. The number of rotatable bonds is 5. The molecule has 5 rings (SSSR count). The van der Waals surface area contributed by atoms with Gasteiger partial charge in [0.2, 0.25) is 0 Å². The van der Waals surface area contributed by atoms with Crippen LogP contribution in [0.25, 0.3) is 11.3 Å². The van der Waals surface area contributed by atoms with Crippen molar-refractivity contribution in [3.05, 3.63) is 101 Å². The van der Waals surface area contributed by atoms with Gasteiger partial charge in [0.1, 0.15) is 5.69 Å². The maximum atomic E-state index is 14.1. The smallest absolute Gasteiger partial charge is 0.268 e. The molecule has 6 nitrogen and oxygen atoms in total. The highest BCUT2D eigenvalue weighted by Gasteiger charge is 2.31. The minimum atomic E-state index is -0.194. The molecule has 3 heterocycles. The minimum Gasteiger partial charge on any atom is -0.268 e. The topological polar surface area (TPSA) is 63.4 Å². The van der Waals surface area contributed by atoms with E-state index in [4.69, 9.17) is 21.7 Å². The number of halogens is 1. The molecule has 1 unspecified atom stereocenters. The van der Waals surface area contributed by atoms with Crippen LogP contribution >= 0.6 is 23.4 Å². The lowest BCUT2D eigenvalue weighted by molar-refractivity contribution is 0.100. The number of benzene rings is 2. The molecule has 1 aliphatic rings. The number of aliphatic imine (C=N–C) groups is 1. The van der Waals surface area contributed by atoms with E-state index in [-0.39, 0.29) is 11.9 Å². The molecule has 2 aromatic carbocycles. The molecular weight excluding hydrogens is 466 g/mol. The van der Waals surface area contributed by atoms with E-state index in [1.165, 1.54) is 0 Å². The Hall–Kier alpha value is -3.42. The average molecular weight is 488 g/mol. The van der Waals surface area contributed by atoms with Crippen LogP contribution in [0.3, 0.4) is 0 Å². The largest absolute Gasteiger partial charge is 0.268 e. The van der Waals surface area contributed by atoms with Crippen molar-refractivity contribution in [2.24, 2.45) is 4.99 Å². The molecule has 1 aliphatic heterocycles. The van der Waals surface area contributed by atoms with Crippen molar-refractivity contribution >= 4 is 40.1 Å². The summed E-state index contributed by atoms with van der Waals surface area (Å²) in [5.74, 6) is 0.635. The maximum absolute atomic E-state index is 14.1. The summed E-state index contributed by atoms with van der Waals surface area (Å²) in [5.41, 5.74) is 3.66. The van der Waals surface area contributed by atoms with E-state index in [0.717, 1.165) is 16.9 Å². The fourth-order valence-electron chi connectivity index (χ4n) is 3.75. The van der Waals surface area contributed by atoms with E-state index in [9.17, 15) is 4.79 Å². The lowest BCUT2D eigenvalue weighted by Gasteiger charge is -2.22. The number of hydrogen-bond donors (Lipinski definition) is 0. The van der Waals surface area contributed by atoms with Crippen LogP contribution < -0.4 is 4.90 Å². The van der Waals surface area contributed by atoms with Crippen molar-refractivity contribution in [3.63, 3.8) is 0 Å². The van der Waals surface area contributed by atoms with E-state index in [2.05, 4.69) is 4.98 Å². The summed E-state index contributed by atoms with van der Waals surface area (Å²) < 4.78 is 1.80. The van der Waals surface area contributed by atoms with E-state index >= 15 is 0 Å². The molecule has 170 valence electrons. The number of pyridine rings is 1. The first-order chi connectivity index (χ1) is 16.6. The van der Waals surface area contributed by atoms with Gasteiger partial charge >= 0.3 is 0 Å². The predicted octanol–water partition coefficient (Wildman–Crippen LogP) is 5.78. The summed E-state index contributed by atoms with van der Waals surface area (Å²) >= 11 is 7.70. The van der Waals surface area contributed by atoms with Gasteiger partial charge in [0, 0.05) is 34.9 Å². The van der Waals surface area contributed by atoms with Crippen molar-refractivity contribution in [2.75, 3.05) is 10.7 Å². The number of amides is 1. The first-order valence-electron chi connectivity index (χ1n) is 10.9. The first kappa shape index (κ1) is 22.4. The number of thioether (sulfide) groups is 1. The number of carbonyl (C=O) groups excluding carboxylic acids is 1. The van der Waals surface area contributed by atoms with Crippen LogP contribution in [0.5, 0.6) is 0 Å². The van der Waals surface area contributed by atoms with Gasteiger partial charge in [-0.1, -0.05) is 53.7 Å². The molecule has 0 bridgehead atoms. The summed E-state index contributed by atoms with van der Waals surface area (Å²) in [6.45, 7) is 2.60. The standard InChI is InChI=1S/C26H22ClN5OS/c1-18-17-34-26(29-18)32(22-11-9-21(27)10-12-22)25(33)23-16-31(15-19-6-3-2-4-7-19)30-24(23)20-8-5-13-28-14-20/h2-14,16,18H,15,17H2,1H3. The van der Waals surface area contributed by atoms with Crippen molar-refractivity contribution in [1.29, 1.82) is 0 Å². The third kappa shape index (κ3) is 4.76. The molecule has 34 heavy (non-hydrogen) atoms. The first-order valence-corrected chi connectivity index (χ1v) is 12.3. The molecule has 2 aromatic heterocycles. The van der Waals surface area contributed by atoms with Gasteiger partial charge in [0.15, 0.2) is 5.17 Å². The van der Waals surface area contributed by atoms with Crippen molar-refractivity contribution in [2.45, 2.75) is 19.5 Å². The Kier molecular flexibility index (Phi) is 6.47. The van der Waals surface area contributed by atoms with Gasteiger partial charge in [-0.3, -0.25) is 24.4 Å². The summed E-state index contributed by atoms with van der Waals surface area (Å²) in [6, 6.07) is 21.2. The Morgan fingerprint density at radius 1 is 1.12 bits per heavy atom. The fourth-order valence-corrected chi connectivity index (χ4v) is 4.91. The molecule has 0 N–H and O–H groups in total. The molecule has 0 spiro atoms. The van der Waals surface area contributed by atoms with Gasteiger partial charge in [0.05, 0.1) is 23.8 Å². The van der Waals surface area contributed by atoms with E-state index < -0.39 is 0 Å². The van der Waals surface area contributed by atoms with Crippen LogP contribution in [-0.2, 0) is 6.54 Å². The van der Waals surface area contributed by atoms with Gasteiger partial charge in [0.25, 0.3) is 5.91 Å². The quantitative estimate of drug-likeness (QED) is 0.357. The Balaban J connectivity index is 1.60. The normalized spacial score (nSPS) is 15.2. The van der Waals surface area contributed by atoms with E-state index in [1.54, 1.807) is 45.9 Å². The number of anilines is 1. The third-order valence-electron chi connectivity index (χ3n) is 5.38. The number of amidine groups is 1. The lowest BCUT2D eigenvalue weighted by Crippen LogP contribution is -2.34. The van der Waals surface area contributed by atoms with Crippen LogP contribution in [0.2, 0.25) is 5.02 Å². The maximum Gasteiger partial charge on any atom is 0.268 e. The average Bonchev–Trinajstić information content (AvgIpc) is 3.48. The summed E-state index contributed by atoms with van der Waals surface area (Å²) in [5, 5.41) is 6.07. The second-order valence-electron chi connectivity index (χ2n) is 8.00. The molecule has 4 aromatic rings. The van der Waals surface area contributed by atoms with Gasteiger partial charge in [-0.25, -0.2) is 0 Å². The Bertz CT molecular complexity index is 1320. The highest BCUT2D eigenvalue weighted by atomic mass is 35.5. The zero-order chi connectivity index (χ0) is 23.5. The molecule has 1 atom stereocenters. The molecule has 0 aliphatic carbocycles. The molecular formula is C26H22ClN5OS. The summed E-state index contributed by atoms with van der Waals surface area (Å²) in [7, 11) is 0. The summed E-state index contributed by atoms with van der Waals surface area (Å²) in [4.78, 5) is 24.7. The van der Waals surface area contributed by atoms with Gasteiger partial charge in [-0.15, -0.1) is 0 Å². The molecule has 8 heteroatoms. The van der Waals surface area contributed by atoms with Crippen LogP contribution in [-0.4, -0.2) is 37.6 Å². The minimum absolute atomic E-state index is 0.140. The monoisotopic (exact) mass is 487 g/mol. The lowest BCUT2D eigenvalue weighted by atomic mass is 10.1. The third-order valence-corrected chi connectivity index (χ3v) is 6.83. The highest BCUT2D eigenvalue weighted by Crippen LogP contribution is 2.31. The van der Waals surface area contributed by atoms with Gasteiger partial charge < -0.3 is 0 Å².